The van der Waals surface area contributed by atoms with Crippen molar-refractivity contribution in [3.63, 3.8) is 0 Å². The van der Waals surface area contributed by atoms with Gasteiger partial charge in [-0.05, 0) is 54.5 Å². The molecule has 0 atom stereocenters. The minimum atomic E-state index is 0. The number of imidazole rings is 1. The molecule has 189 valence electrons. The van der Waals surface area contributed by atoms with Crippen molar-refractivity contribution in [1.82, 2.24) is 9.55 Å². The quantitative estimate of drug-likeness (QED) is 0.167. The van der Waals surface area contributed by atoms with Crippen molar-refractivity contribution >= 4 is 33.0 Å². The van der Waals surface area contributed by atoms with E-state index in [9.17, 15) is 0 Å². The van der Waals surface area contributed by atoms with Crippen LogP contribution in [0.15, 0.2) is 83.3 Å². The van der Waals surface area contributed by atoms with Gasteiger partial charge in [0.05, 0.1) is 16.9 Å². The summed E-state index contributed by atoms with van der Waals surface area (Å²) in [5.41, 5.74) is 8.82. The van der Waals surface area contributed by atoms with E-state index < -0.39 is 0 Å². The molecular formula is C33H31IrN2O-. The molecule has 0 saturated carbocycles. The third kappa shape index (κ3) is 4.54. The van der Waals surface area contributed by atoms with Crippen LogP contribution in [0.3, 0.4) is 0 Å². The van der Waals surface area contributed by atoms with E-state index >= 15 is 0 Å². The maximum absolute atomic E-state index is 6.60. The van der Waals surface area contributed by atoms with Gasteiger partial charge in [-0.1, -0.05) is 58.0 Å². The zero-order valence-corrected chi connectivity index (χ0v) is 24.1. The first kappa shape index (κ1) is 25.4. The number of benzene rings is 4. The molecule has 0 unspecified atom stereocenters. The minimum Gasteiger partial charge on any atom is -0.456 e. The number of para-hydroxylation sites is 3. The molecule has 6 rings (SSSR count). The SMILES string of the molecule is CC(C)Cc1cc2c(oc3ccccc32)c(CC(C)C)c1-n1c(-c2[c-]cccc2)nc2ccccc21.[Ir]. The fourth-order valence-corrected chi connectivity index (χ4v) is 5.41. The maximum Gasteiger partial charge on any atom is 0.140 e. The van der Waals surface area contributed by atoms with Crippen LogP contribution in [0.4, 0.5) is 0 Å². The Kier molecular flexibility index (Phi) is 7.07. The van der Waals surface area contributed by atoms with Gasteiger partial charge in [-0.3, -0.25) is 4.98 Å². The van der Waals surface area contributed by atoms with Crippen molar-refractivity contribution in [2.75, 3.05) is 0 Å². The molecule has 2 aromatic heterocycles. The minimum absolute atomic E-state index is 0. The zero-order valence-electron chi connectivity index (χ0n) is 21.7. The van der Waals surface area contributed by atoms with Crippen LogP contribution in [-0.4, -0.2) is 9.55 Å². The first-order valence-corrected chi connectivity index (χ1v) is 12.9. The van der Waals surface area contributed by atoms with Gasteiger partial charge >= 0.3 is 0 Å². The van der Waals surface area contributed by atoms with Gasteiger partial charge in [0.1, 0.15) is 11.2 Å². The number of hydrogen-bond acceptors (Lipinski definition) is 2. The number of hydrogen-bond donors (Lipinski definition) is 0. The van der Waals surface area contributed by atoms with E-state index in [1.165, 1.54) is 27.6 Å². The van der Waals surface area contributed by atoms with Gasteiger partial charge < -0.3 is 8.98 Å². The van der Waals surface area contributed by atoms with Crippen LogP contribution in [0, 0.1) is 17.9 Å². The second kappa shape index (κ2) is 10.3. The molecule has 0 N–H and O–H groups in total. The summed E-state index contributed by atoms with van der Waals surface area (Å²) in [6.45, 7) is 9.15. The molecule has 6 aromatic rings. The van der Waals surface area contributed by atoms with E-state index in [1.807, 2.05) is 12.1 Å². The summed E-state index contributed by atoms with van der Waals surface area (Å²) >= 11 is 0. The Morgan fingerprint density at radius 1 is 0.838 bits per heavy atom. The van der Waals surface area contributed by atoms with E-state index in [4.69, 9.17) is 9.40 Å². The Morgan fingerprint density at radius 3 is 2.32 bits per heavy atom. The average molecular weight is 664 g/mol. The van der Waals surface area contributed by atoms with Gasteiger partial charge in [-0.15, -0.1) is 35.9 Å². The number of nitrogens with zero attached hydrogens (tertiary/aromatic N) is 2. The van der Waals surface area contributed by atoms with Crippen LogP contribution >= 0.6 is 0 Å². The number of rotatable bonds is 6. The predicted octanol–water partition coefficient (Wildman–Crippen LogP) is 8.79. The van der Waals surface area contributed by atoms with Gasteiger partial charge in [-0.2, -0.15) is 0 Å². The summed E-state index contributed by atoms with van der Waals surface area (Å²) in [5, 5.41) is 2.39. The molecule has 2 heterocycles. The first-order valence-electron chi connectivity index (χ1n) is 12.9. The van der Waals surface area contributed by atoms with Gasteiger partial charge in [0.25, 0.3) is 0 Å². The molecule has 0 amide bonds. The van der Waals surface area contributed by atoms with Crippen molar-refractivity contribution in [2.24, 2.45) is 11.8 Å². The molecule has 3 nitrogen and oxygen atoms in total. The van der Waals surface area contributed by atoms with Crippen LogP contribution in [0.25, 0.3) is 50.0 Å². The molecule has 0 bridgehead atoms. The smallest absolute Gasteiger partial charge is 0.140 e. The summed E-state index contributed by atoms with van der Waals surface area (Å²) in [6.07, 6.45) is 1.89. The number of fused-ring (bicyclic) bond motifs is 4. The molecule has 4 heteroatoms. The standard InChI is InChI=1S/C33H31N2O.Ir/c1-21(2)18-24-20-26-25-14-8-11-17-30(25)36-32(26)27(19-22(3)4)31(24)35-29-16-10-9-15-28(29)34-33(35)23-12-6-5-7-13-23;/h5-12,14-17,20-22H,18-19H2,1-4H3;/q-1;. The molecule has 1 radical (unpaired) electrons. The van der Waals surface area contributed by atoms with Gasteiger partial charge in [-0.25, -0.2) is 0 Å². The van der Waals surface area contributed by atoms with E-state index in [0.717, 1.165) is 46.4 Å². The second-order valence-corrected chi connectivity index (χ2v) is 10.6. The fraction of sp³-hybridized carbons (Fsp3) is 0.242. The van der Waals surface area contributed by atoms with E-state index in [1.54, 1.807) is 0 Å². The van der Waals surface area contributed by atoms with Crippen LogP contribution in [0.5, 0.6) is 0 Å². The monoisotopic (exact) mass is 664 g/mol. The average Bonchev–Trinajstić information content (AvgIpc) is 3.43. The number of aromatic nitrogens is 2. The summed E-state index contributed by atoms with van der Waals surface area (Å²) in [6, 6.07) is 30.8. The predicted molar refractivity (Wildman–Crippen MR) is 150 cm³/mol. The van der Waals surface area contributed by atoms with Crippen LogP contribution in [0.1, 0.15) is 38.8 Å². The van der Waals surface area contributed by atoms with Gasteiger partial charge in [0.2, 0.25) is 0 Å². The van der Waals surface area contributed by atoms with E-state index in [0.29, 0.717) is 11.8 Å². The third-order valence-corrected chi connectivity index (χ3v) is 6.79. The Balaban J connectivity index is 0.00000280. The molecule has 0 saturated heterocycles. The maximum atomic E-state index is 6.60. The summed E-state index contributed by atoms with van der Waals surface area (Å²) < 4.78 is 8.96. The molecule has 0 fully saturated rings. The molecule has 0 aliphatic rings. The normalized spacial score (nSPS) is 11.7. The molecule has 4 aromatic carbocycles. The van der Waals surface area contributed by atoms with Crippen molar-refractivity contribution in [1.29, 1.82) is 0 Å². The summed E-state index contributed by atoms with van der Waals surface area (Å²) in [5.74, 6) is 1.89. The topological polar surface area (TPSA) is 31.0 Å². The zero-order chi connectivity index (χ0) is 24.8. The molecule has 0 aliphatic carbocycles. The van der Waals surface area contributed by atoms with Crippen molar-refractivity contribution < 1.29 is 24.5 Å². The second-order valence-electron chi connectivity index (χ2n) is 10.6. The third-order valence-electron chi connectivity index (χ3n) is 6.79. The van der Waals surface area contributed by atoms with Crippen molar-refractivity contribution in [3.05, 3.63) is 96.1 Å². The first-order chi connectivity index (χ1) is 17.5. The Bertz CT molecular complexity index is 1690. The fourth-order valence-electron chi connectivity index (χ4n) is 5.41. The van der Waals surface area contributed by atoms with Crippen LogP contribution < -0.4 is 0 Å². The van der Waals surface area contributed by atoms with E-state index in [2.05, 4.69) is 105 Å². The Morgan fingerprint density at radius 2 is 1.57 bits per heavy atom. The molecular weight excluding hydrogens is 633 g/mol. The van der Waals surface area contributed by atoms with Crippen molar-refractivity contribution in [2.45, 2.75) is 40.5 Å². The van der Waals surface area contributed by atoms with Crippen LogP contribution in [-0.2, 0) is 32.9 Å². The molecule has 0 spiro atoms. The Labute approximate surface area is 231 Å². The Hall–Kier alpha value is -3.20. The molecule has 0 aliphatic heterocycles. The summed E-state index contributed by atoms with van der Waals surface area (Å²) in [7, 11) is 0. The van der Waals surface area contributed by atoms with Gasteiger partial charge in [0, 0.05) is 42.1 Å². The largest absolute Gasteiger partial charge is 0.456 e. The summed E-state index contributed by atoms with van der Waals surface area (Å²) in [4.78, 5) is 5.12. The van der Waals surface area contributed by atoms with E-state index in [-0.39, 0.29) is 20.1 Å². The van der Waals surface area contributed by atoms with Gasteiger partial charge in [0.15, 0.2) is 0 Å². The number of furan rings is 1. The van der Waals surface area contributed by atoms with Crippen LogP contribution in [0.2, 0.25) is 0 Å². The molecule has 37 heavy (non-hydrogen) atoms. The van der Waals surface area contributed by atoms with Crippen molar-refractivity contribution in [3.8, 4) is 17.1 Å².